The summed E-state index contributed by atoms with van der Waals surface area (Å²) in [4.78, 5) is 119. The van der Waals surface area contributed by atoms with Crippen molar-refractivity contribution >= 4 is 104 Å². The summed E-state index contributed by atoms with van der Waals surface area (Å²) in [7, 11) is 0. The van der Waals surface area contributed by atoms with Gasteiger partial charge in [-0.3, -0.25) is 38.4 Å². The Morgan fingerprint density at radius 1 is 0.388 bits per heavy atom. The van der Waals surface area contributed by atoms with Gasteiger partial charge in [0.1, 0.15) is 49.7 Å². The molecule has 3 aromatic heterocycles. The summed E-state index contributed by atoms with van der Waals surface area (Å²) in [5.41, 5.74) is -7.17. The van der Waals surface area contributed by atoms with Crippen molar-refractivity contribution in [3.8, 4) is 19.5 Å². The van der Waals surface area contributed by atoms with Gasteiger partial charge in [0.25, 0.3) is 0 Å². The topological polar surface area (TPSA) is 173 Å². The number of hydrogen-bond donors (Lipinski definition) is 0. The third-order valence-corrected chi connectivity index (χ3v) is 18.8. The smallest absolute Gasteiger partial charge is 0.333 e. The minimum absolute atomic E-state index is 0.0819. The zero-order chi connectivity index (χ0) is 59.1. The highest BCUT2D eigenvalue weighted by Crippen LogP contribution is 2.68. The molecule has 0 N–H and O–H groups in total. The number of carbonyl (C=O) groups is 8. The van der Waals surface area contributed by atoms with E-state index in [0.29, 0.717) is 34.4 Å². The number of halogens is 4. The maximum atomic E-state index is 16.1. The first-order chi connectivity index (χ1) is 41.1. The highest BCUT2D eigenvalue weighted by atomic mass is 32.1. The lowest BCUT2D eigenvalue weighted by Crippen LogP contribution is -2.50. The SMILES string of the molecule is O=C1C(=O)c2c(F)cc(F)cc2/C1=C/c1cc2c(s1)-c1sc3c(c1C2(C(=O)OCc1ccccc1)C(=O)OCc1ccccc1)C(C(=O)OCc1ccccc1)(C(=O)OCc1ccccc1)c1cc(/C=C2\C(=O)C(=O)c4cc(F)cc(F)c42)sc1-3. The number of fused-ring (bicyclic) bond motifs is 9. The lowest BCUT2D eigenvalue weighted by molar-refractivity contribution is -0.167. The molecule has 0 fully saturated rings. The van der Waals surface area contributed by atoms with E-state index in [1.807, 2.05) is 0 Å². The van der Waals surface area contributed by atoms with Crippen LogP contribution in [0, 0.1) is 23.3 Å². The Labute approximate surface area is 490 Å². The van der Waals surface area contributed by atoms with E-state index in [0.717, 1.165) is 46.1 Å². The normalized spacial score (nSPS) is 15.5. The van der Waals surface area contributed by atoms with Crippen LogP contribution in [0.25, 0.3) is 42.8 Å². The predicted molar refractivity (Wildman–Crippen MR) is 305 cm³/mol. The molecular formula is C66H36F4O12S3. The molecule has 0 atom stereocenters. The van der Waals surface area contributed by atoms with Gasteiger partial charge in [0, 0.05) is 72.0 Å². The average Bonchev–Trinajstić information content (AvgIpc) is 1.50. The van der Waals surface area contributed by atoms with E-state index >= 15 is 28.0 Å². The Morgan fingerprint density at radius 3 is 1.14 bits per heavy atom. The van der Waals surface area contributed by atoms with Gasteiger partial charge in [0.15, 0.2) is 0 Å². The molecule has 0 spiro atoms. The van der Waals surface area contributed by atoms with E-state index in [1.54, 1.807) is 121 Å². The second-order valence-electron chi connectivity index (χ2n) is 20.1. The summed E-state index contributed by atoms with van der Waals surface area (Å²) in [6.45, 7) is -1.71. The molecule has 0 saturated heterocycles. The van der Waals surface area contributed by atoms with Gasteiger partial charge in [-0.05, 0) is 58.7 Å². The molecule has 12 nitrogen and oxygen atoms in total. The fraction of sp³-hybridized carbons (Fsp3) is 0.0909. The first-order valence-corrected chi connectivity index (χ1v) is 28.5. The first-order valence-electron chi connectivity index (χ1n) is 26.0. The van der Waals surface area contributed by atoms with Crippen LogP contribution >= 0.6 is 34.0 Å². The van der Waals surface area contributed by atoms with E-state index in [4.69, 9.17) is 18.9 Å². The summed E-state index contributed by atoms with van der Waals surface area (Å²) in [5, 5.41) is 0. The van der Waals surface area contributed by atoms with Crippen molar-refractivity contribution in [3.63, 3.8) is 0 Å². The molecule has 4 aliphatic carbocycles. The number of carbonyl (C=O) groups excluding carboxylic acids is 8. The molecule has 6 aromatic carbocycles. The molecule has 0 bridgehead atoms. The molecule has 85 heavy (non-hydrogen) atoms. The number of thiophene rings is 3. The Morgan fingerprint density at radius 2 is 0.741 bits per heavy atom. The molecule has 0 amide bonds. The summed E-state index contributed by atoms with van der Waals surface area (Å²) in [6.07, 6.45) is 2.39. The van der Waals surface area contributed by atoms with Crippen LogP contribution in [0.5, 0.6) is 0 Å². The van der Waals surface area contributed by atoms with Gasteiger partial charge >= 0.3 is 23.9 Å². The van der Waals surface area contributed by atoms with E-state index in [-0.39, 0.29) is 57.1 Å². The molecule has 418 valence electrons. The number of Topliss-reactive ketones (excluding diaryl/α,β-unsaturated/α-hetero) is 4. The van der Waals surface area contributed by atoms with Crippen molar-refractivity contribution in [1.29, 1.82) is 0 Å². The molecule has 0 unspecified atom stereocenters. The van der Waals surface area contributed by atoms with Crippen molar-refractivity contribution in [3.05, 3.63) is 258 Å². The third kappa shape index (κ3) is 8.75. The van der Waals surface area contributed by atoms with Crippen LogP contribution in [0.3, 0.4) is 0 Å². The van der Waals surface area contributed by atoms with Crippen LogP contribution in [0.15, 0.2) is 158 Å². The monoisotopic (exact) mass is 1190 g/mol. The molecule has 19 heteroatoms. The van der Waals surface area contributed by atoms with Gasteiger partial charge in [-0.15, -0.1) is 34.0 Å². The number of ether oxygens (including phenoxy) is 4. The van der Waals surface area contributed by atoms with Crippen molar-refractivity contribution in [2.45, 2.75) is 37.3 Å². The largest absolute Gasteiger partial charge is 0.459 e. The molecule has 9 aromatic rings. The second kappa shape index (κ2) is 21.1. The lowest BCUT2D eigenvalue weighted by atomic mass is 9.70. The predicted octanol–water partition coefficient (Wildman–Crippen LogP) is 12.5. The number of ketones is 4. The van der Waals surface area contributed by atoms with Crippen molar-refractivity contribution in [2.75, 3.05) is 0 Å². The van der Waals surface area contributed by atoms with E-state index in [9.17, 15) is 28.0 Å². The van der Waals surface area contributed by atoms with Gasteiger partial charge in [0.05, 0.1) is 25.1 Å². The summed E-state index contributed by atoms with van der Waals surface area (Å²) in [6, 6.07) is 39.2. The molecule has 13 rings (SSSR count). The van der Waals surface area contributed by atoms with Gasteiger partial charge in [-0.25, -0.2) is 17.6 Å². The third-order valence-electron chi connectivity index (χ3n) is 15.1. The highest BCUT2D eigenvalue weighted by molar-refractivity contribution is 7.28. The Kier molecular flexibility index (Phi) is 13.5. The summed E-state index contributed by atoms with van der Waals surface area (Å²) in [5.74, 6) is -14.4. The summed E-state index contributed by atoms with van der Waals surface area (Å²) >= 11 is 2.71. The Balaban J connectivity index is 1.09. The van der Waals surface area contributed by atoms with Gasteiger partial charge in [-0.2, -0.15) is 0 Å². The van der Waals surface area contributed by atoms with E-state index in [2.05, 4.69) is 0 Å². The molecule has 4 aliphatic rings. The number of hydrogen-bond acceptors (Lipinski definition) is 15. The molecule has 0 aliphatic heterocycles. The van der Waals surface area contributed by atoms with Crippen LogP contribution in [0.4, 0.5) is 17.6 Å². The molecular weight excluding hydrogens is 1160 g/mol. The lowest BCUT2D eigenvalue weighted by Gasteiger charge is -2.32. The molecule has 3 heterocycles. The molecule has 0 radical (unpaired) electrons. The van der Waals surface area contributed by atoms with E-state index in [1.165, 1.54) is 24.3 Å². The van der Waals surface area contributed by atoms with Crippen LogP contribution in [-0.4, -0.2) is 47.0 Å². The van der Waals surface area contributed by atoms with Crippen LogP contribution in [-0.2, 0) is 85.0 Å². The number of esters is 4. The maximum absolute atomic E-state index is 16.1. The fourth-order valence-corrected chi connectivity index (χ4v) is 15.3. The Hall–Kier alpha value is -9.82. The standard InChI is InChI=1S/C66H36F4O12S3/c67-37-21-41-42(53(71)56(74)50(41)48(70)24-37)25-39-27-45-57(83-39)59-51(65(45,61(75)79-29-33-13-5-1-6-14-33)62(76)80-30-34-15-7-2-8-16-34)52-60(85-59)58-46(28-40(84-58)26-44-49-43(54(72)55(44)73)22-38(68)23-47(49)69)66(52,63(77)81-31-35-17-9-3-10-18-35)64(78)82-32-36-19-11-4-12-20-36/h1-28H,29-32H2/b42-25-,44-26-. The molecule has 0 saturated carbocycles. The van der Waals surface area contributed by atoms with Crippen LogP contribution < -0.4 is 0 Å². The maximum Gasteiger partial charge on any atom is 0.333 e. The van der Waals surface area contributed by atoms with Crippen molar-refractivity contribution in [2.24, 2.45) is 0 Å². The van der Waals surface area contributed by atoms with Gasteiger partial charge < -0.3 is 18.9 Å². The van der Waals surface area contributed by atoms with E-state index < -0.39 is 135 Å². The number of benzene rings is 6. The number of allylic oxidation sites excluding steroid dienone is 2. The quantitative estimate of drug-likeness (QED) is 0.0252. The second-order valence-corrected chi connectivity index (χ2v) is 23.3. The van der Waals surface area contributed by atoms with Crippen LogP contribution in [0.2, 0.25) is 0 Å². The Bertz CT molecular complexity index is 4350. The highest BCUT2D eigenvalue weighted by Gasteiger charge is 2.69. The van der Waals surface area contributed by atoms with Gasteiger partial charge in [0.2, 0.25) is 34.0 Å². The summed E-state index contributed by atoms with van der Waals surface area (Å²) < 4.78 is 85.3. The van der Waals surface area contributed by atoms with Crippen molar-refractivity contribution < 1.29 is 74.9 Å². The van der Waals surface area contributed by atoms with Crippen LogP contribution in [0.1, 0.15) is 86.1 Å². The van der Waals surface area contributed by atoms with Gasteiger partial charge in [-0.1, -0.05) is 121 Å². The average molecular weight is 1190 g/mol. The minimum atomic E-state index is -2.80. The van der Waals surface area contributed by atoms with Crippen molar-refractivity contribution in [1.82, 2.24) is 0 Å². The zero-order valence-corrected chi connectivity index (χ0v) is 46.1. The number of rotatable bonds is 14. The minimum Gasteiger partial charge on any atom is -0.459 e. The first kappa shape index (κ1) is 54.4. The fourth-order valence-electron chi connectivity index (χ4n) is 11.3. The zero-order valence-electron chi connectivity index (χ0n) is 43.6.